The van der Waals surface area contributed by atoms with Gasteiger partial charge in [0.15, 0.2) is 5.16 Å². The number of aryl methyl sites for hydroxylation is 1. The van der Waals surface area contributed by atoms with E-state index in [0.29, 0.717) is 17.4 Å². The molecule has 0 radical (unpaired) electrons. The van der Waals surface area contributed by atoms with Gasteiger partial charge in [-0.1, -0.05) is 32.0 Å². The topological polar surface area (TPSA) is 54.9 Å². The maximum atomic E-state index is 11.8. The first-order valence-electron chi connectivity index (χ1n) is 5.94. The quantitative estimate of drug-likeness (QED) is 0.480. The van der Waals surface area contributed by atoms with Gasteiger partial charge >= 0.3 is 0 Å². The molecule has 0 spiro atoms. The molecule has 0 bridgehead atoms. The van der Waals surface area contributed by atoms with Crippen molar-refractivity contribution in [2.24, 2.45) is 0 Å². The predicted molar refractivity (Wildman–Crippen MR) is 70.4 cm³/mol. The second-order valence-corrected chi connectivity index (χ2v) is 4.95. The first-order chi connectivity index (χ1) is 8.17. The smallest absolute Gasteiger partial charge is 0.270 e. The zero-order valence-corrected chi connectivity index (χ0v) is 11.4. The maximum absolute atomic E-state index is 11.8. The molecule has 0 atom stereocenters. The summed E-state index contributed by atoms with van der Waals surface area (Å²) in [5.41, 5.74) is 1.29. The molecule has 0 saturated carbocycles. The molecular formula is C12H19N3OS. The molecule has 4 nitrogen and oxygen atoms in total. The van der Waals surface area contributed by atoms with Gasteiger partial charge < -0.3 is 5.32 Å². The Morgan fingerprint density at radius 3 is 2.82 bits per heavy atom. The van der Waals surface area contributed by atoms with Crippen LogP contribution in [0.2, 0.25) is 0 Å². The van der Waals surface area contributed by atoms with Crippen LogP contribution in [0.5, 0.6) is 0 Å². The van der Waals surface area contributed by atoms with Gasteiger partial charge in [0.1, 0.15) is 5.69 Å². The van der Waals surface area contributed by atoms with Gasteiger partial charge in [-0.3, -0.25) is 4.79 Å². The number of rotatable bonds is 6. The molecule has 1 rings (SSSR count). The highest BCUT2D eigenvalue weighted by atomic mass is 32.2. The van der Waals surface area contributed by atoms with E-state index in [9.17, 15) is 4.79 Å². The molecule has 0 unspecified atom stereocenters. The van der Waals surface area contributed by atoms with Crippen molar-refractivity contribution in [3.63, 3.8) is 0 Å². The largest absolute Gasteiger partial charge is 0.351 e. The van der Waals surface area contributed by atoms with Gasteiger partial charge in [-0.15, -0.1) is 0 Å². The summed E-state index contributed by atoms with van der Waals surface area (Å²) in [7, 11) is 0. The lowest BCUT2D eigenvalue weighted by molar-refractivity contribution is 0.0947. The molecule has 0 aromatic carbocycles. The minimum atomic E-state index is -0.109. The first-order valence-corrected chi connectivity index (χ1v) is 6.92. The summed E-state index contributed by atoms with van der Waals surface area (Å²) in [4.78, 5) is 20.3. The molecule has 1 aromatic rings. The monoisotopic (exact) mass is 253 g/mol. The maximum Gasteiger partial charge on any atom is 0.270 e. The van der Waals surface area contributed by atoms with E-state index in [4.69, 9.17) is 0 Å². The van der Waals surface area contributed by atoms with Gasteiger partial charge in [-0.2, -0.15) is 0 Å². The van der Waals surface area contributed by atoms with E-state index in [-0.39, 0.29) is 5.91 Å². The SMILES string of the molecule is CCCCNC(=O)c1cc(C)nc(SCC)n1. The van der Waals surface area contributed by atoms with Crippen molar-refractivity contribution in [3.05, 3.63) is 17.5 Å². The molecule has 1 heterocycles. The number of amides is 1. The molecule has 1 N–H and O–H groups in total. The fourth-order valence-corrected chi connectivity index (χ4v) is 1.95. The van der Waals surface area contributed by atoms with Crippen LogP contribution in [0.25, 0.3) is 0 Å². The number of thioether (sulfide) groups is 1. The highest BCUT2D eigenvalue weighted by molar-refractivity contribution is 7.99. The van der Waals surface area contributed by atoms with E-state index in [1.165, 1.54) is 0 Å². The lowest BCUT2D eigenvalue weighted by Crippen LogP contribution is -2.25. The fourth-order valence-electron chi connectivity index (χ4n) is 1.32. The van der Waals surface area contributed by atoms with Crippen LogP contribution in [-0.2, 0) is 0 Å². The molecule has 0 aliphatic carbocycles. The summed E-state index contributed by atoms with van der Waals surface area (Å²) in [5.74, 6) is 0.794. The summed E-state index contributed by atoms with van der Waals surface area (Å²) < 4.78 is 0. The highest BCUT2D eigenvalue weighted by Crippen LogP contribution is 2.13. The number of hydrogen-bond acceptors (Lipinski definition) is 4. The van der Waals surface area contributed by atoms with E-state index in [1.54, 1.807) is 17.8 Å². The number of hydrogen-bond donors (Lipinski definition) is 1. The number of aromatic nitrogens is 2. The van der Waals surface area contributed by atoms with Crippen LogP contribution in [0.1, 0.15) is 42.9 Å². The Kier molecular flexibility index (Phi) is 5.97. The third-order valence-electron chi connectivity index (χ3n) is 2.16. The standard InChI is InChI=1S/C12H19N3OS/c1-4-6-7-13-11(16)10-8-9(3)14-12(15-10)17-5-2/h8H,4-7H2,1-3H3,(H,13,16). The zero-order valence-electron chi connectivity index (χ0n) is 10.6. The van der Waals surface area contributed by atoms with Crippen molar-refractivity contribution >= 4 is 17.7 Å². The van der Waals surface area contributed by atoms with Crippen LogP contribution < -0.4 is 5.32 Å². The number of carbonyl (C=O) groups excluding carboxylic acids is 1. The van der Waals surface area contributed by atoms with E-state index >= 15 is 0 Å². The molecule has 1 aromatic heterocycles. The third kappa shape index (κ3) is 4.73. The Morgan fingerprint density at radius 2 is 2.18 bits per heavy atom. The van der Waals surface area contributed by atoms with Crippen LogP contribution in [0, 0.1) is 6.92 Å². The van der Waals surface area contributed by atoms with E-state index < -0.39 is 0 Å². The molecule has 0 saturated heterocycles. The van der Waals surface area contributed by atoms with Crippen molar-refractivity contribution in [1.29, 1.82) is 0 Å². The van der Waals surface area contributed by atoms with E-state index in [0.717, 1.165) is 24.3 Å². The molecule has 0 aliphatic heterocycles. The Labute approximate surface area is 107 Å². The van der Waals surface area contributed by atoms with Gasteiger partial charge in [-0.05, 0) is 25.2 Å². The molecule has 94 valence electrons. The molecule has 1 amide bonds. The van der Waals surface area contributed by atoms with Crippen molar-refractivity contribution in [2.75, 3.05) is 12.3 Å². The molecule has 0 aliphatic rings. The number of nitrogens with one attached hydrogen (secondary N) is 1. The second-order valence-electron chi connectivity index (χ2n) is 3.72. The van der Waals surface area contributed by atoms with Crippen LogP contribution in [0.15, 0.2) is 11.2 Å². The second kappa shape index (κ2) is 7.27. The lowest BCUT2D eigenvalue weighted by atomic mass is 10.3. The Morgan fingerprint density at radius 1 is 1.41 bits per heavy atom. The minimum Gasteiger partial charge on any atom is -0.351 e. The van der Waals surface area contributed by atoms with Gasteiger partial charge in [0.2, 0.25) is 0 Å². The number of unbranched alkanes of at least 4 members (excludes halogenated alkanes) is 1. The summed E-state index contributed by atoms with van der Waals surface area (Å²) in [5, 5.41) is 3.53. The predicted octanol–water partition coefficient (Wildman–Crippen LogP) is 2.43. The van der Waals surface area contributed by atoms with Crippen molar-refractivity contribution in [3.8, 4) is 0 Å². The summed E-state index contributed by atoms with van der Waals surface area (Å²) in [6, 6.07) is 1.72. The normalized spacial score (nSPS) is 10.3. The van der Waals surface area contributed by atoms with Gasteiger partial charge in [0.05, 0.1) is 0 Å². The summed E-state index contributed by atoms with van der Waals surface area (Å²) in [6.07, 6.45) is 2.06. The van der Waals surface area contributed by atoms with Crippen LogP contribution in [-0.4, -0.2) is 28.2 Å². The Hall–Kier alpha value is -1.10. The zero-order chi connectivity index (χ0) is 12.7. The summed E-state index contributed by atoms with van der Waals surface area (Å²) >= 11 is 1.55. The van der Waals surface area contributed by atoms with Crippen molar-refractivity contribution in [1.82, 2.24) is 15.3 Å². The molecular weight excluding hydrogens is 234 g/mol. The lowest BCUT2D eigenvalue weighted by Gasteiger charge is -2.06. The minimum absolute atomic E-state index is 0.109. The van der Waals surface area contributed by atoms with Gasteiger partial charge in [0.25, 0.3) is 5.91 Å². The highest BCUT2D eigenvalue weighted by Gasteiger charge is 2.09. The van der Waals surface area contributed by atoms with Crippen molar-refractivity contribution < 1.29 is 4.79 Å². The van der Waals surface area contributed by atoms with E-state index in [2.05, 4.69) is 22.2 Å². The molecule has 0 fully saturated rings. The van der Waals surface area contributed by atoms with Gasteiger partial charge in [-0.25, -0.2) is 9.97 Å². The summed E-state index contributed by atoms with van der Waals surface area (Å²) in [6.45, 7) is 6.72. The number of carbonyl (C=O) groups is 1. The van der Waals surface area contributed by atoms with E-state index in [1.807, 2.05) is 13.8 Å². The average Bonchev–Trinajstić information content (AvgIpc) is 2.29. The number of nitrogens with zero attached hydrogens (tertiary/aromatic N) is 2. The Balaban J connectivity index is 2.71. The average molecular weight is 253 g/mol. The first kappa shape index (κ1) is 14.0. The molecule has 17 heavy (non-hydrogen) atoms. The van der Waals surface area contributed by atoms with Crippen LogP contribution >= 0.6 is 11.8 Å². The van der Waals surface area contributed by atoms with Gasteiger partial charge in [0, 0.05) is 12.2 Å². The third-order valence-corrected chi connectivity index (χ3v) is 2.89. The molecule has 5 heteroatoms. The Bertz CT molecular complexity index is 382. The van der Waals surface area contributed by atoms with Crippen molar-refractivity contribution in [2.45, 2.75) is 38.8 Å². The fraction of sp³-hybridized carbons (Fsp3) is 0.583. The van der Waals surface area contributed by atoms with Crippen LogP contribution in [0.3, 0.4) is 0 Å². The van der Waals surface area contributed by atoms with Crippen LogP contribution in [0.4, 0.5) is 0 Å².